The number of nitrogens with zero attached hydrogens (tertiary/aromatic N) is 1. The summed E-state index contributed by atoms with van der Waals surface area (Å²) in [5.41, 5.74) is 2.75. The lowest BCUT2D eigenvalue weighted by molar-refractivity contribution is -0.0453. The van der Waals surface area contributed by atoms with E-state index in [1.54, 1.807) is 21.3 Å². The molecule has 6 heteroatoms. The van der Waals surface area contributed by atoms with Gasteiger partial charge in [-0.15, -0.1) is 0 Å². The predicted molar refractivity (Wildman–Crippen MR) is 91.9 cm³/mol. The van der Waals surface area contributed by atoms with Crippen LogP contribution in [0.5, 0.6) is 11.5 Å². The molecule has 0 unspecified atom stereocenters. The van der Waals surface area contributed by atoms with Gasteiger partial charge < -0.3 is 24.4 Å². The predicted octanol–water partition coefficient (Wildman–Crippen LogP) is 1.36. The van der Waals surface area contributed by atoms with Crippen molar-refractivity contribution in [3.8, 4) is 11.5 Å². The molecule has 2 heterocycles. The average molecular weight is 347 g/mol. The molecule has 0 amide bonds. The molecule has 2 aliphatic heterocycles. The molecule has 3 aliphatic rings. The highest BCUT2D eigenvalue weighted by molar-refractivity contribution is 5.56. The van der Waals surface area contributed by atoms with Gasteiger partial charge in [-0.25, -0.2) is 0 Å². The van der Waals surface area contributed by atoms with Gasteiger partial charge in [0, 0.05) is 26.6 Å². The van der Waals surface area contributed by atoms with Crippen molar-refractivity contribution in [1.82, 2.24) is 4.90 Å². The van der Waals surface area contributed by atoms with Crippen LogP contribution >= 0.6 is 0 Å². The summed E-state index contributed by atoms with van der Waals surface area (Å²) in [7, 11) is 4.85. The van der Waals surface area contributed by atoms with E-state index in [0.29, 0.717) is 24.5 Å². The highest BCUT2D eigenvalue weighted by Crippen LogP contribution is 2.55. The van der Waals surface area contributed by atoms with Crippen LogP contribution in [0.3, 0.4) is 0 Å². The van der Waals surface area contributed by atoms with Crippen LogP contribution in [0.15, 0.2) is 23.8 Å². The number of fused-ring (bicyclic) bond motifs is 1. The van der Waals surface area contributed by atoms with Crippen LogP contribution in [0.4, 0.5) is 0 Å². The molecular formula is C19H25NO5. The maximum Gasteiger partial charge on any atom is 0.161 e. The van der Waals surface area contributed by atoms with E-state index in [-0.39, 0.29) is 11.6 Å². The molecular weight excluding hydrogens is 322 g/mol. The van der Waals surface area contributed by atoms with Crippen molar-refractivity contribution < 1.29 is 24.4 Å². The van der Waals surface area contributed by atoms with Gasteiger partial charge in [0.15, 0.2) is 11.5 Å². The third-order valence-electron chi connectivity index (χ3n) is 6.03. The van der Waals surface area contributed by atoms with Crippen molar-refractivity contribution in [3.63, 3.8) is 0 Å². The Morgan fingerprint density at radius 2 is 1.84 bits per heavy atom. The standard InChI is InChI=1S/C19H25NO5/c1-23-16-7-12-13(8-17(16)24-2)19-9-18(25-3)14(21)6-11(19)4-5-20(19)10-15(12)22/h6-8,14-15,18,21-22H,4-5,9-10H2,1-3H3/t14-,15+,18+,19-/m0/s1. The summed E-state index contributed by atoms with van der Waals surface area (Å²) in [5, 5.41) is 21.1. The fourth-order valence-electron chi connectivity index (χ4n) is 4.82. The van der Waals surface area contributed by atoms with Crippen molar-refractivity contribution in [2.45, 2.75) is 36.7 Å². The zero-order valence-electron chi connectivity index (χ0n) is 14.9. The fourth-order valence-corrected chi connectivity index (χ4v) is 4.82. The third kappa shape index (κ3) is 2.25. The second-order valence-electron chi connectivity index (χ2n) is 7.03. The van der Waals surface area contributed by atoms with E-state index < -0.39 is 12.2 Å². The Hall–Kier alpha value is -1.60. The van der Waals surface area contributed by atoms with Gasteiger partial charge in [-0.3, -0.25) is 4.90 Å². The maximum atomic E-state index is 10.7. The van der Waals surface area contributed by atoms with E-state index in [1.165, 1.54) is 5.57 Å². The second-order valence-corrected chi connectivity index (χ2v) is 7.03. The molecule has 4 rings (SSSR count). The number of aliphatic hydroxyl groups is 2. The van der Waals surface area contributed by atoms with Gasteiger partial charge in [0.1, 0.15) is 0 Å². The molecule has 1 aromatic rings. The Labute approximate surface area is 147 Å². The van der Waals surface area contributed by atoms with Crippen LogP contribution in [0, 0.1) is 0 Å². The van der Waals surface area contributed by atoms with E-state index in [9.17, 15) is 10.2 Å². The molecule has 1 fully saturated rings. The van der Waals surface area contributed by atoms with Gasteiger partial charge in [0.05, 0.1) is 38.1 Å². The number of aliphatic hydroxyl groups excluding tert-OH is 2. The Bertz CT molecular complexity index is 718. The number of methoxy groups -OCH3 is 3. The monoisotopic (exact) mass is 347 g/mol. The normalized spacial score (nSPS) is 34.0. The number of rotatable bonds is 3. The van der Waals surface area contributed by atoms with Crippen LogP contribution < -0.4 is 9.47 Å². The average Bonchev–Trinajstić information content (AvgIpc) is 2.98. The molecule has 25 heavy (non-hydrogen) atoms. The highest BCUT2D eigenvalue weighted by atomic mass is 16.5. The zero-order chi connectivity index (χ0) is 17.8. The first-order chi connectivity index (χ1) is 12.0. The lowest BCUT2D eigenvalue weighted by Gasteiger charge is -2.50. The topological polar surface area (TPSA) is 71.4 Å². The molecule has 6 nitrogen and oxygen atoms in total. The van der Waals surface area contributed by atoms with Crippen LogP contribution in [0.1, 0.15) is 30.1 Å². The van der Waals surface area contributed by atoms with E-state index in [1.807, 2.05) is 18.2 Å². The smallest absolute Gasteiger partial charge is 0.161 e. The maximum absolute atomic E-state index is 10.7. The van der Waals surface area contributed by atoms with Crippen LogP contribution in [-0.4, -0.2) is 61.7 Å². The summed E-state index contributed by atoms with van der Waals surface area (Å²) in [6.07, 6.45) is 2.03. The number of ether oxygens (including phenoxy) is 3. The molecule has 2 N–H and O–H groups in total. The number of benzene rings is 1. The van der Waals surface area contributed by atoms with Crippen molar-refractivity contribution in [3.05, 3.63) is 34.9 Å². The summed E-state index contributed by atoms with van der Waals surface area (Å²) in [6, 6.07) is 3.86. The SMILES string of the molecule is COc1cc2c(cc1OC)[C@]13C[C@@H](OC)[C@@H](O)C=C1CCN3C[C@H]2O. The van der Waals surface area contributed by atoms with Gasteiger partial charge >= 0.3 is 0 Å². The fraction of sp³-hybridized carbons (Fsp3) is 0.579. The molecule has 1 spiro atoms. The minimum atomic E-state index is -0.596. The summed E-state index contributed by atoms with van der Waals surface area (Å²) in [4.78, 5) is 2.32. The Kier molecular flexibility index (Phi) is 4.03. The Morgan fingerprint density at radius 1 is 1.12 bits per heavy atom. The molecule has 0 radical (unpaired) electrons. The molecule has 0 saturated carbocycles. The molecule has 1 aliphatic carbocycles. The van der Waals surface area contributed by atoms with E-state index in [0.717, 1.165) is 24.1 Å². The quantitative estimate of drug-likeness (QED) is 0.805. The Morgan fingerprint density at radius 3 is 2.52 bits per heavy atom. The number of hydrogen-bond acceptors (Lipinski definition) is 6. The van der Waals surface area contributed by atoms with E-state index >= 15 is 0 Å². The first-order valence-electron chi connectivity index (χ1n) is 8.66. The summed E-state index contributed by atoms with van der Waals surface area (Å²) in [5.74, 6) is 1.27. The lowest BCUT2D eigenvalue weighted by Crippen LogP contribution is -2.53. The van der Waals surface area contributed by atoms with Gasteiger partial charge in [-0.2, -0.15) is 0 Å². The Balaban J connectivity index is 1.94. The first kappa shape index (κ1) is 16.8. The van der Waals surface area contributed by atoms with Crippen molar-refractivity contribution in [2.24, 2.45) is 0 Å². The molecule has 1 saturated heterocycles. The van der Waals surface area contributed by atoms with Gasteiger partial charge in [0.2, 0.25) is 0 Å². The van der Waals surface area contributed by atoms with Gasteiger partial charge in [0.25, 0.3) is 0 Å². The summed E-state index contributed by atoms with van der Waals surface area (Å²) >= 11 is 0. The van der Waals surface area contributed by atoms with Crippen LogP contribution in [-0.2, 0) is 10.3 Å². The minimum absolute atomic E-state index is 0.277. The largest absolute Gasteiger partial charge is 0.493 e. The van der Waals surface area contributed by atoms with Crippen molar-refractivity contribution in [2.75, 3.05) is 34.4 Å². The van der Waals surface area contributed by atoms with Crippen LogP contribution in [0.2, 0.25) is 0 Å². The third-order valence-corrected chi connectivity index (χ3v) is 6.03. The van der Waals surface area contributed by atoms with Crippen molar-refractivity contribution in [1.29, 1.82) is 0 Å². The summed E-state index contributed by atoms with van der Waals surface area (Å²) < 4.78 is 16.5. The summed E-state index contributed by atoms with van der Waals surface area (Å²) in [6.45, 7) is 1.42. The molecule has 4 atom stereocenters. The van der Waals surface area contributed by atoms with Crippen LogP contribution in [0.25, 0.3) is 0 Å². The first-order valence-corrected chi connectivity index (χ1v) is 8.66. The number of hydrogen-bond donors (Lipinski definition) is 2. The molecule has 0 aromatic heterocycles. The van der Waals surface area contributed by atoms with E-state index in [2.05, 4.69) is 4.90 Å². The molecule has 0 bridgehead atoms. The van der Waals surface area contributed by atoms with Gasteiger partial charge in [-0.05, 0) is 35.3 Å². The zero-order valence-corrected chi connectivity index (χ0v) is 14.9. The molecule has 136 valence electrons. The van der Waals surface area contributed by atoms with Crippen molar-refractivity contribution >= 4 is 0 Å². The van der Waals surface area contributed by atoms with Gasteiger partial charge in [-0.1, -0.05) is 6.08 Å². The molecule has 1 aromatic carbocycles. The lowest BCUT2D eigenvalue weighted by atomic mass is 9.69. The second kappa shape index (κ2) is 5.99. The minimum Gasteiger partial charge on any atom is -0.493 e. The highest BCUT2D eigenvalue weighted by Gasteiger charge is 2.55. The van der Waals surface area contributed by atoms with E-state index in [4.69, 9.17) is 14.2 Å².